The van der Waals surface area contributed by atoms with Gasteiger partial charge in [-0.3, -0.25) is 9.59 Å². The lowest BCUT2D eigenvalue weighted by atomic mass is 10.1. The summed E-state index contributed by atoms with van der Waals surface area (Å²) in [5.74, 6) is 0.139. The molecule has 0 radical (unpaired) electrons. The van der Waals surface area contributed by atoms with Crippen LogP contribution < -0.4 is 10.2 Å². The molecule has 0 bridgehead atoms. The molecule has 1 aliphatic rings. The van der Waals surface area contributed by atoms with Gasteiger partial charge in [-0.25, -0.2) is 0 Å². The molecule has 1 fully saturated rings. The van der Waals surface area contributed by atoms with Gasteiger partial charge >= 0.3 is 0 Å². The van der Waals surface area contributed by atoms with Gasteiger partial charge in [0, 0.05) is 24.3 Å². The van der Waals surface area contributed by atoms with E-state index in [1.54, 1.807) is 4.90 Å². The van der Waals surface area contributed by atoms with Gasteiger partial charge in [0.2, 0.25) is 11.8 Å². The van der Waals surface area contributed by atoms with Crippen molar-refractivity contribution >= 4 is 23.2 Å². The van der Waals surface area contributed by atoms with Crippen LogP contribution in [-0.2, 0) is 16.0 Å². The maximum absolute atomic E-state index is 12.2. The maximum Gasteiger partial charge on any atom is 0.228 e. The van der Waals surface area contributed by atoms with E-state index < -0.39 is 0 Å². The number of carbonyl (C=O) groups excluding carboxylic acids is 2. The predicted molar refractivity (Wildman–Crippen MR) is 96.3 cm³/mol. The van der Waals surface area contributed by atoms with Crippen molar-refractivity contribution in [2.75, 3.05) is 16.8 Å². The van der Waals surface area contributed by atoms with Crippen molar-refractivity contribution in [3.63, 3.8) is 0 Å². The fraction of sp³-hybridized carbons (Fsp3) is 0.300. The highest BCUT2D eigenvalue weighted by atomic mass is 16.2. The lowest BCUT2D eigenvalue weighted by molar-refractivity contribution is -0.117. The lowest BCUT2D eigenvalue weighted by Crippen LogP contribution is -2.23. The molecule has 4 nitrogen and oxygen atoms in total. The Kier molecular flexibility index (Phi) is 4.65. The molecule has 0 saturated carbocycles. The fourth-order valence-corrected chi connectivity index (χ4v) is 3.15. The van der Waals surface area contributed by atoms with Crippen molar-refractivity contribution in [2.24, 2.45) is 0 Å². The number of carbonyl (C=O) groups is 2. The van der Waals surface area contributed by atoms with Crippen molar-refractivity contribution in [1.29, 1.82) is 0 Å². The third-order valence-electron chi connectivity index (χ3n) is 4.19. The van der Waals surface area contributed by atoms with Crippen molar-refractivity contribution in [3.8, 4) is 0 Å². The second-order valence-electron chi connectivity index (χ2n) is 6.42. The van der Waals surface area contributed by atoms with E-state index in [2.05, 4.69) is 11.4 Å². The summed E-state index contributed by atoms with van der Waals surface area (Å²) in [6, 6.07) is 13.7. The summed E-state index contributed by atoms with van der Waals surface area (Å²) < 4.78 is 0. The Morgan fingerprint density at radius 1 is 1.08 bits per heavy atom. The summed E-state index contributed by atoms with van der Waals surface area (Å²) in [4.78, 5) is 25.8. The molecule has 0 atom stereocenters. The first-order chi connectivity index (χ1) is 11.5. The van der Waals surface area contributed by atoms with Crippen LogP contribution in [0.2, 0.25) is 0 Å². The minimum absolute atomic E-state index is 0.0370. The number of anilines is 2. The first-order valence-corrected chi connectivity index (χ1v) is 8.29. The van der Waals surface area contributed by atoms with Gasteiger partial charge in [-0.15, -0.1) is 0 Å². The number of hydrogen-bond donors (Lipinski definition) is 1. The standard InChI is InChI=1S/C20H22N2O2/c1-14-10-15(2)12-17(11-14)21-19(23)13-16-5-7-18(8-6-16)22-9-3-4-20(22)24/h5-8,10-12H,3-4,9,13H2,1-2H3,(H,21,23). The van der Waals surface area contributed by atoms with Gasteiger partial charge in [0.1, 0.15) is 0 Å². The molecule has 0 unspecified atom stereocenters. The van der Waals surface area contributed by atoms with Gasteiger partial charge in [-0.2, -0.15) is 0 Å². The van der Waals surface area contributed by atoms with E-state index >= 15 is 0 Å². The molecule has 0 aliphatic carbocycles. The van der Waals surface area contributed by atoms with Crippen LogP contribution in [0.5, 0.6) is 0 Å². The van der Waals surface area contributed by atoms with Crippen LogP contribution in [0.3, 0.4) is 0 Å². The SMILES string of the molecule is Cc1cc(C)cc(NC(=O)Cc2ccc(N3CCCC3=O)cc2)c1. The summed E-state index contributed by atoms with van der Waals surface area (Å²) in [5, 5.41) is 2.95. The van der Waals surface area contributed by atoms with Crippen molar-refractivity contribution in [3.05, 3.63) is 59.2 Å². The summed E-state index contributed by atoms with van der Waals surface area (Å²) in [7, 11) is 0. The van der Waals surface area contributed by atoms with Crippen LogP contribution in [-0.4, -0.2) is 18.4 Å². The quantitative estimate of drug-likeness (QED) is 0.935. The van der Waals surface area contributed by atoms with E-state index in [0.29, 0.717) is 12.8 Å². The van der Waals surface area contributed by atoms with Crippen LogP contribution in [0.25, 0.3) is 0 Å². The highest BCUT2D eigenvalue weighted by molar-refractivity contribution is 5.95. The van der Waals surface area contributed by atoms with Gasteiger partial charge in [-0.05, 0) is 61.2 Å². The topological polar surface area (TPSA) is 49.4 Å². The minimum atomic E-state index is -0.0370. The average molecular weight is 322 g/mol. The molecule has 3 rings (SSSR count). The van der Waals surface area contributed by atoms with Crippen LogP contribution in [0, 0.1) is 13.8 Å². The summed E-state index contributed by atoms with van der Waals surface area (Å²) >= 11 is 0. The number of rotatable bonds is 4. The van der Waals surface area contributed by atoms with Crippen molar-refractivity contribution < 1.29 is 9.59 Å². The zero-order valence-corrected chi connectivity index (χ0v) is 14.1. The predicted octanol–water partition coefficient (Wildman–Crippen LogP) is 3.61. The molecule has 2 aromatic rings. The second-order valence-corrected chi connectivity index (χ2v) is 6.42. The second kappa shape index (κ2) is 6.87. The number of aryl methyl sites for hydroxylation is 2. The van der Waals surface area contributed by atoms with Gasteiger partial charge < -0.3 is 10.2 Å². The number of nitrogens with zero attached hydrogens (tertiary/aromatic N) is 1. The Balaban J connectivity index is 1.63. The Morgan fingerprint density at radius 3 is 2.33 bits per heavy atom. The molecule has 4 heteroatoms. The monoisotopic (exact) mass is 322 g/mol. The van der Waals surface area contributed by atoms with Gasteiger partial charge in [-0.1, -0.05) is 18.2 Å². The number of nitrogens with one attached hydrogen (secondary N) is 1. The molecule has 0 aromatic heterocycles. The molecular weight excluding hydrogens is 300 g/mol. The molecule has 1 saturated heterocycles. The highest BCUT2D eigenvalue weighted by Crippen LogP contribution is 2.22. The van der Waals surface area contributed by atoms with Crippen LogP contribution in [0.15, 0.2) is 42.5 Å². The number of amides is 2. The van der Waals surface area contributed by atoms with Crippen molar-refractivity contribution in [1.82, 2.24) is 0 Å². The molecule has 2 amide bonds. The lowest BCUT2D eigenvalue weighted by Gasteiger charge is -2.16. The van der Waals surface area contributed by atoms with E-state index in [0.717, 1.165) is 41.0 Å². The summed E-state index contributed by atoms with van der Waals surface area (Å²) in [6.07, 6.45) is 1.86. The van der Waals surface area contributed by atoms with Crippen molar-refractivity contribution in [2.45, 2.75) is 33.1 Å². The van der Waals surface area contributed by atoms with E-state index in [1.165, 1.54) is 0 Å². The van der Waals surface area contributed by atoms with Gasteiger partial charge in [0.15, 0.2) is 0 Å². The average Bonchev–Trinajstić information content (AvgIpc) is 2.93. The molecule has 2 aromatic carbocycles. The Labute approximate surface area is 142 Å². The van der Waals surface area contributed by atoms with Gasteiger partial charge in [0.05, 0.1) is 6.42 Å². The van der Waals surface area contributed by atoms with Crippen LogP contribution in [0.4, 0.5) is 11.4 Å². The molecule has 0 spiro atoms. The zero-order chi connectivity index (χ0) is 17.1. The smallest absolute Gasteiger partial charge is 0.228 e. The Hall–Kier alpha value is -2.62. The van der Waals surface area contributed by atoms with Gasteiger partial charge in [0.25, 0.3) is 0 Å². The zero-order valence-electron chi connectivity index (χ0n) is 14.1. The Morgan fingerprint density at radius 2 is 1.75 bits per heavy atom. The minimum Gasteiger partial charge on any atom is -0.326 e. The third kappa shape index (κ3) is 3.82. The fourth-order valence-electron chi connectivity index (χ4n) is 3.15. The van der Waals surface area contributed by atoms with Crippen LogP contribution >= 0.6 is 0 Å². The molecule has 1 heterocycles. The van der Waals surface area contributed by atoms with Crippen LogP contribution in [0.1, 0.15) is 29.5 Å². The molecule has 1 N–H and O–H groups in total. The van der Waals surface area contributed by atoms with E-state index in [4.69, 9.17) is 0 Å². The molecule has 124 valence electrons. The molecule has 1 aliphatic heterocycles. The number of benzene rings is 2. The van der Waals surface area contributed by atoms with E-state index in [-0.39, 0.29) is 11.8 Å². The normalized spacial score (nSPS) is 14.1. The largest absolute Gasteiger partial charge is 0.326 e. The highest BCUT2D eigenvalue weighted by Gasteiger charge is 2.21. The Bertz CT molecular complexity index is 745. The maximum atomic E-state index is 12.2. The molecular formula is C20H22N2O2. The first-order valence-electron chi connectivity index (χ1n) is 8.29. The molecule has 24 heavy (non-hydrogen) atoms. The van der Waals surface area contributed by atoms with E-state index in [1.807, 2.05) is 50.2 Å². The van der Waals surface area contributed by atoms with E-state index in [9.17, 15) is 9.59 Å². The summed E-state index contributed by atoms with van der Waals surface area (Å²) in [5.41, 5.74) is 4.94. The summed E-state index contributed by atoms with van der Waals surface area (Å²) in [6.45, 7) is 4.81. The number of hydrogen-bond acceptors (Lipinski definition) is 2. The first kappa shape index (κ1) is 16.2. The third-order valence-corrected chi connectivity index (χ3v) is 4.19.